The SMILES string of the molecule is CC[C@@H](C)Nc1ccc([C@H]2CCCCN2C(=O)OC(C)(C)C)cn1. The van der Waals surface area contributed by atoms with Gasteiger partial charge in [-0.25, -0.2) is 9.78 Å². The van der Waals surface area contributed by atoms with Crippen LogP contribution in [0.4, 0.5) is 10.6 Å². The number of hydrogen-bond donors (Lipinski definition) is 1. The van der Waals surface area contributed by atoms with E-state index in [1.807, 2.05) is 37.9 Å². The molecule has 134 valence electrons. The van der Waals surface area contributed by atoms with Gasteiger partial charge in [0.2, 0.25) is 0 Å². The largest absolute Gasteiger partial charge is 0.444 e. The second kappa shape index (κ2) is 7.86. The fourth-order valence-electron chi connectivity index (χ4n) is 2.86. The van der Waals surface area contributed by atoms with Gasteiger partial charge in [0.25, 0.3) is 0 Å². The van der Waals surface area contributed by atoms with Gasteiger partial charge in [-0.15, -0.1) is 0 Å². The number of rotatable bonds is 4. The van der Waals surface area contributed by atoms with E-state index in [0.717, 1.165) is 43.6 Å². The molecule has 2 rings (SSSR count). The molecule has 0 aromatic carbocycles. The van der Waals surface area contributed by atoms with Crippen LogP contribution in [0.5, 0.6) is 0 Å². The number of anilines is 1. The fourth-order valence-corrected chi connectivity index (χ4v) is 2.86. The maximum absolute atomic E-state index is 12.5. The van der Waals surface area contributed by atoms with E-state index >= 15 is 0 Å². The third-order valence-electron chi connectivity index (χ3n) is 4.31. The summed E-state index contributed by atoms with van der Waals surface area (Å²) in [5.41, 5.74) is 0.608. The van der Waals surface area contributed by atoms with E-state index < -0.39 is 5.60 Å². The summed E-state index contributed by atoms with van der Waals surface area (Å²) in [5, 5.41) is 3.37. The molecular formula is C19H31N3O2. The van der Waals surface area contributed by atoms with E-state index in [-0.39, 0.29) is 12.1 Å². The lowest BCUT2D eigenvalue weighted by molar-refractivity contribution is 0.00948. The summed E-state index contributed by atoms with van der Waals surface area (Å²) in [4.78, 5) is 18.9. The van der Waals surface area contributed by atoms with Gasteiger partial charge < -0.3 is 15.0 Å². The molecule has 5 heteroatoms. The molecule has 5 nitrogen and oxygen atoms in total. The average molecular weight is 333 g/mol. The van der Waals surface area contributed by atoms with Crippen molar-refractivity contribution in [3.8, 4) is 0 Å². The second-order valence-electron chi connectivity index (χ2n) is 7.62. The Morgan fingerprint density at radius 3 is 2.75 bits per heavy atom. The average Bonchev–Trinajstić information content (AvgIpc) is 2.54. The van der Waals surface area contributed by atoms with Gasteiger partial charge in [0.15, 0.2) is 0 Å². The minimum Gasteiger partial charge on any atom is -0.444 e. The Labute approximate surface area is 145 Å². The molecule has 0 unspecified atom stereocenters. The van der Waals surface area contributed by atoms with Crippen molar-refractivity contribution in [1.82, 2.24) is 9.88 Å². The lowest BCUT2D eigenvalue weighted by atomic mass is 9.97. The van der Waals surface area contributed by atoms with E-state index in [2.05, 4.69) is 30.2 Å². The van der Waals surface area contributed by atoms with Crippen LogP contribution in [0, 0.1) is 0 Å². The highest BCUT2D eigenvalue weighted by atomic mass is 16.6. The van der Waals surface area contributed by atoms with Crippen molar-refractivity contribution in [2.24, 2.45) is 0 Å². The maximum Gasteiger partial charge on any atom is 0.410 e. The predicted molar refractivity (Wildman–Crippen MR) is 97.1 cm³/mol. The van der Waals surface area contributed by atoms with Crippen molar-refractivity contribution in [3.05, 3.63) is 23.9 Å². The number of pyridine rings is 1. The summed E-state index contributed by atoms with van der Waals surface area (Å²) < 4.78 is 5.57. The number of nitrogens with one attached hydrogen (secondary N) is 1. The van der Waals surface area contributed by atoms with E-state index in [0.29, 0.717) is 6.04 Å². The molecule has 1 saturated heterocycles. The van der Waals surface area contributed by atoms with Crippen molar-refractivity contribution in [3.63, 3.8) is 0 Å². The normalized spacial score (nSPS) is 19.7. The Morgan fingerprint density at radius 2 is 2.17 bits per heavy atom. The Kier molecular flexibility index (Phi) is 6.08. The van der Waals surface area contributed by atoms with Gasteiger partial charge >= 0.3 is 6.09 Å². The van der Waals surface area contributed by atoms with Crippen LogP contribution >= 0.6 is 0 Å². The minimum absolute atomic E-state index is 0.0544. The molecule has 0 spiro atoms. The lowest BCUT2D eigenvalue weighted by Crippen LogP contribution is -2.41. The van der Waals surface area contributed by atoms with E-state index in [4.69, 9.17) is 4.74 Å². The summed E-state index contributed by atoms with van der Waals surface area (Å²) in [6.07, 6.45) is 5.82. The van der Waals surface area contributed by atoms with Gasteiger partial charge in [-0.1, -0.05) is 13.0 Å². The van der Waals surface area contributed by atoms with Crippen molar-refractivity contribution in [2.45, 2.75) is 78.0 Å². The first-order valence-electron chi connectivity index (χ1n) is 9.02. The van der Waals surface area contributed by atoms with Crippen LogP contribution in [0.25, 0.3) is 0 Å². The lowest BCUT2D eigenvalue weighted by Gasteiger charge is -2.36. The smallest absolute Gasteiger partial charge is 0.410 e. The van der Waals surface area contributed by atoms with E-state index in [9.17, 15) is 4.79 Å². The molecule has 1 fully saturated rings. The monoisotopic (exact) mass is 333 g/mol. The van der Waals surface area contributed by atoms with Crippen molar-refractivity contribution < 1.29 is 9.53 Å². The minimum atomic E-state index is -0.471. The molecule has 0 saturated carbocycles. The summed E-state index contributed by atoms with van der Waals surface area (Å²) in [7, 11) is 0. The van der Waals surface area contributed by atoms with Gasteiger partial charge in [0.1, 0.15) is 11.4 Å². The van der Waals surface area contributed by atoms with Gasteiger partial charge in [-0.05, 0) is 65.0 Å². The van der Waals surface area contributed by atoms with Crippen molar-refractivity contribution in [1.29, 1.82) is 0 Å². The molecule has 1 aliphatic heterocycles. The Bertz CT molecular complexity index is 537. The Hall–Kier alpha value is -1.78. The predicted octanol–water partition coefficient (Wildman–Crippen LogP) is 4.75. The second-order valence-corrected chi connectivity index (χ2v) is 7.62. The molecule has 1 aromatic rings. The number of hydrogen-bond acceptors (Lipinski definition) is 4. The topological polar surface area (TPSA) is 54.5 Å². The fraction of sp³-hybridized carbons (Fsp3) is 0.684. The molecule has 1 aromatic heterocycles. The number of carbonyl (C=O) groups is 1. The molecule has 1 amide bonds. The zero-order valence-electron chi connectivity index (χ0n) is 15.6. The number of piperidine rings is 1. The zero-order chi connectivity index (χ0) is 17.7. The van der Waals surface area contributed by atoms with Crippen molar-refractivity contribution in [2.75, 3.05) is 11.9 Å². The summed E-state index contributed by atoms with van der Waals surface area (Å²) in [5.74, 6) is 0.882. The van der Waals surface area contributed by atoms with Crippen LogP contribution in [0.3, 0.4) is 0 Å². The third kappa shape index (κ3) is 5.11. The van der Waals surface area contributed by atoms with Crippen LogP contribution in [-0.4, -0.2) is 34.2 Å². The van der Waals surface area contributed by atoms with E-state index in [1.54, 1.807) is 0 Å². The molecule has 0 bridgehead atoms. The summed E-state index contributed by atoms with van der Waals surface area (Å²) in [6, 6.07) is 4.53. The van der Waals surface area contributed by atoms with Crippen LogP contribution in [0.1, 0.15) is 71.9 Å². The first-order chi connectivity index (χ1) is 11.3. The number of carbonyl (C=O) groups excluding carboxylic acids is 1. The molecular weight excluding hydrogens is 302 g/mol. The highest BCUT2D eigenvalue weighted by Gasteiger charge is 2.31. The zero-order valence-corrected chi connectivity index (χ0v) is 15.6. The molecule has 2 heterocycles. The van der Waals surface area contributed by atoms with Crippen LogP contribution in [-0.2, 0) is 4.74 Å². The van der Waals surface area contributed by atoms with Crippen LogP contribution in [0.15, 0.2) is 18.3 Å². The van der Waals surface area contributed by atoms with Gasteiger partial charge in [-0.2, -0.15) is 0 Å². The number of ether oxygens (including phenoxy) is 1. The number of aromatic nitrogens is 1. The standard InChI is InChI=1S/C19H31N3O2/c1-6-14(2)21-17-11-10-15(13-20-17)16-9-7-8-12-22(16)18(23)24-19(3,4)5/h10-11,13-14,16H,6-9,12H2,1-5H3,(H,20,21)/t14-,16-/m1/s1. The number of likely N-dealkylation sites (tertiary alicyclic amines) is 1. The Morgan fingerprint density at radius 1 is 1.42 bits per heavy atom. The highest BCUT2D eigenvalue weighted by Crippen LogP contribution is 2.32. The summed E-state index contributed by atoms with van der Waals surface area (Å²) in [6.45, 7) is 10.7. The van der Waals surface area contributed by atoms with Gasteiger partial charge in [0.05, 0.1) is 6.04 Å². The molecule has 2 atom stereocenters. The first kappa shape index (κ1) is 18.6. The number of amides is 1. The molecule has 0 aliphatic carbocycles. The maximum atomic E-state index is 12.5. The van der Waals surface area contributed by atoms with Gasteiger partial charge in [0, 0.05) is 18.8 Å². The third-order valence-corrected chi connectivity index (χ3v) is 4.31. The highest BCUT2D eigenvalue weighted by molar-refractivity contribution is 5.69. The number of nitrogens with zero attached hydrogens (tertiary/aromatic N) is 2. The van der Waals surface area contributed by atoms with Crippen LogP contribution < -0.4 is 5.32 Å². The van der Waals surface area contributed by atoms with E-state index in [1.165, 1.54) is 0 Å². The first-order valence-corrected chi connectivity index (χ1v) is 9.02. The molecule has 1 aliphatic rings. The summed E-state index contributed by atoms with van der Waals surface area (Å²) >= 11 is 0. The molecule has 1 N–H and O–H groups in total. The van der Waals surface area contributed by atoms with Crippen molar-refractivity contribution >= 4 is 11.9 Å². The Balaban J connectivity index is 2.11. The quantitative estimate of drug-likeness (QED) is 0.863. The molecule has 24 heavy (non-hydrogen) atoms. The molecule has 0 radical (unpaired) electrons. The van der Waals surface area contributed by atoms with Gasteiger partial charge in [-0.3, -0.25) is 0 Å². The van der Waals surface area contributed by atoms with Crippen LogP contribution in [0.2, 0.25) is 0 Å².